The van der Waals surface area contributed by atoms with Crippen LogP contribution >= 0.6 is 0 Å². The molecule has 2 aromatic rings. The number of sulfone groups is 1. The quantitative estimate of drug-likeness (QED) is 0.882. The summed E-state index contributed by atoms with van der Waals surface area (Å²) in [4.78, 5) is 13.9. The van der Waals surface area contributed by atoms with E-state index in [-0.39, 0.29) is 11.5 Å². The molecule has 2 atom stereocenters. The Hall–Kier alpha value is -2.38. The van der Waals surface area contributed by atoms with Crippen molar-refractivity contribution in [2.75, 3.05) is 12.9 Å². The van der Waals surface area contributed by atoms with Crippen molar-refractivity contribution in [1.82, 2.24) is 4.90 Å². The first kappa shape index (κ1) is 17.4. The van der Waals surface area contributed by atoms with E-state index in [9.17, 15) is 18.3 Å². The lowest BCUT2D eigenvalue weighted by atomic mass is 10.0. The molecule has 0 saturated carbocycles. The zero-order valence-electron chi connectivity index (χ0n) is 13.7. The summed E-state index contributed by atoms with van der Waals surface area (Å²) in [5.74, 6) is 0. The standard InChI is InChI=1S/C18H19NO5S/c1-25(22,23)15-9-7-14(8-10-15)17-16(12-20)19(18(21)24-17)11-13-5-3-2-4-6-13/h2-10,16-17,20H,11-12H2,1H3/t16-,17-/m1/s1. The SMILES string of the molecule is CS(=O)(=O)c1ccc([C@H]2OC(=O)N(Cc3ccccc3)[C@@H]2CO)cc1. The van der Waals surface area contributed by atoms with Crippen LogP contribution in [0.2, 0.25) is 0 Å². The molecule has 3 rings (SSSR count). The van der Waals surface area contributed by atoms with E-state index in [0.717, 1.165) is 11.8 Å². The van der Waals surface area contributed by atoms with Crippen LogP contribution in [-0.2, 0) is 21.1 Å². The van der Waals surface area contributed by atoms with Gasteiger partial charge in [-0.15, -0.1) is 0 Å². The van der Waals surface area contributed by atoms with E-state index < -0.39 is 28.1 Å². The highest BCUT2D eigenvalue weighted by atomic mass is 32.2. The van der Waals surface area contributed by atoms with E-state index in [1.54, 1.807) is 12.1 Å². The van der Waals surface area contributed by atoms with Gasteiger partial charge in [-0.05, 0) is 23.3 Å². The van der Waals surface area contributed by atoms with E-state index in [1.165, 1.54) is 17.0 Å². The molecule has 2 aromatic carbocycles. The van der Waals surface area contributed by atoms with Crippen LogP contribution in [0.4, 0.5) is 4.79 Å². The van der Waals surface area contributed by atoms with Crippen molar-refractivity contribution >= 4 is 15.9 Å². The number of carbonyl (C=O) groups excluding carboxylic acids is 1. The van der Waals surface area contributed by atoms with Crippen LogP contribution in [0, 0.1) is 0 Å². The van der Waals surface area contributed by atoms with Crippen molar-refractivity contribution in [3.8, 4) is 0 Å². The number of benzene rings is 2. The van der Waals surface area contributed by atoms with Crippen molar-refractivity contribution in [3.63, 3.8) is 0 Å². The van der Waals surface area contributed by atoms with Gasteiger partial charge in [0.1, 0.15) is 0 Å². The first-order valence-corrected chi connectivity index (χ1v) is 9.71. The molecule has 0 spiro atoms. The average molecular weight is 361 g/mol. The summed E-state index contributed by atoms with van der Waals surface area (Å²) >= 11 is 0. The highest BCUT2D eigenvalue weighted by molar-refractivity contribution is 7.90. The summed E-state index contributed by atoms with van der Waals surface area (Å²) in [6, 6.07) is 15.1. The predicted octanol–water partition coefficient (Wildman–Crippen LogP) is 2.14. The van der Waals surface area contributed by atoms with E-state index in [0.29, 0.717) is 12.1 Å². The Balaban J connectivity index is 1.84. The lowest BCUT2D eigenvalue weighted by Crippen LogP contribution is -2.36. The zero-order chi connectivity index (χ0) is 18.0. The Labute approximate surface area is 146 Å². The average Bonchev–Trinajstić information content (AvgIpc) is 2.91. The third kappa shape index (κ3) is 3.67. The van der Waals surface area contributed by atoms with Gasteiger partial charge in [0, 0.05) is 12.8 Å². The van der Waals surface area contributed by atoms with E-state index in [1.807, 2.05) is 30.3 Å². The molecule has 7 heteroatoms. The summed E-state index contributed by atoms with van der Waals surface area (Å²) in [5, 5.41) is 9.78. The molecular formula is C18H19NO5S. The molecule has 1 N–H and O–H groups in total. The van der Waals surface area contributed by atoms with Gasteiger partial charge < -0.3 is 9.84 Å². The summed E-state index contributed by atoms with van der Waals surface area (Å²) in [6.45, 7) is 0.0832. The van der Waals surface area contributed by atoms with Gasteiger partial charge in [-0.25, -0.2) is 13.2 Å². The van der Waals surface area contributed by atoms with Crippen LogP contribution in [-0.4, -0.2) is 43.4 Å². The number of nitrogens with zero attached hydrogens (tertiary/aromatic N) is 1. The Bertz CT molecular complexity index is 849. The van der Waals surface area contributed by atoms with E-state index in [4.69, 9.17) is 4.74 Å². The van der Waals surface area contributed by atoms with E-state index in [2.05, 4.69) is 0 Å². The van der Waals surface area contributed by atoms with Crippen molar-refractivity contribution in [2.45, 2.75) is 23.6 Å². The van der Waals surface area contributed by atoms with Gasteiger partial charge in [-0.2, -0.15) is 0 Å². The molecule has 1 heterocycles. The lowest BCUT2D eigenvalue weighted by Gasteiger charge is -2.23. The van der Waals surface area contributed by atoms with Gasteiger partial charge in [0.2, 0.25) is 0 Å². The second-order valence-electron chi connectivity index (χ2n) is 6.01. The van der Waals surface area contributed by atoms with E-state index >= 15 is 0 Å². The van der Waals surface area contributed by atoms with Gasteiger partial charge in [0.05, 0.1) is 17.5 Å². The van der Waals surface area contributed by atoms with Crippen molar-refractivity contribution < 1.29 is 23.1 Å². The summed E-state index contributed by atoms with van der Waals surface area (Å²) < 4.78 is 28.6. The molecule has 0 bridgehead atoms. The molecule has 1 saturated heterocycles. The van der Waals surface area contributed by atoms with Crippen molar-refractivity contribution in [1.29, 1.82) is 0 Å². The predicted molar refractivity (Wildman–Crippen MR) is 91.6 cm³/mol. The summed E-state index contributed by atoms with van der Waals surface area (Å²) in [6.07, 6.45) is -0.00895. The number of cyclic esters (lactones) is 1. The fourth-order valence-electron chi connectivity index (χ4n) is 2.90. The van der Waals surface area contributed by atoms with Gasteiger partial charge >= 0.3 is 6.09 Å². The van der Waals surface area contributed by atoms with Crippen LogP contribution in [0.15, 0.2) is 59.5 Å². The maximum atomic E-state index is 12.3. The molecule has 1 aliphatic heterocycles. The fraction of sp³-hybridized carbons (Fsp3) is 0.278. The molecule has 132 valence electrons. The Kier molecular flexibility index (Phi) is 4.78. The summed E-state index contributed by atoms with van der Waals surface area (Å²) in [7, 11) is -3.29. The molecule has 1 fully saturated rings. The molecule has 0 aliphatic carbocycles. The molecule has 1 amide bonds. The Morgan fingerprint density at radius 1 is 1.08 bits per heavy atom. The second kappa shape index (κ2) is 6.85. The van der Waals surface area contributed by atoms with Crippen LogP contribution in [0.5, 0.6) is 0 Å². The van der Waals surface area contributed by atoms with Crippen LogP contribution in [0.1, 0.15) is 17.2 Å². The maximum Gasteiger partial charge on any atom is 0.411 e. The normalized spacial score (nSPS) is 20.6. The molecule has 0 unspecified atom stereocenters. The highest BCUT2D eigenvalue weighted by Gasteiger charge is 2.42. The van der Waals surface area contributed by atoms with Gasteiger partial charge in [0.25, 0.3) is 0 Å². The maximum absolute atomic E-state index is 12.3. The van der Waals surface area contributed by atoms with Crippen molar-refractivity contribution in [3.05, 3.63) is 65.7 Å². The van der Waals surface area contributed by atoms with Crippen molar-refractivity contribution in [2.24, 2.45) is 0 Å². The molecular weight excluding hydrogens is 342 g/mol. The minimum atomic E-state index is -3.29. The van der Waals surface area contributed by atoms with Gasteiger partial charge in [-0.3, -0.25) is 4.90 Å². The first-order valence-electron chi connectivity index (χ1n) is 7.82. The number of aliphatic hydroxyl groups excluding tert-OH is 1. The number of aliphatic hydroxyl groups is 1. The van der Waals surface area contributed by atoms with Gasteiger partial charge in [-0.1, -0.05) is 42.5 Å². The molecule has 1 aliphatic rings. The minimum Gasteiger partial charge on any atom is -0.439 e. The van der Waals surface area contributed by atoms with Crippen LogP contribution in [0.25, 0.3) is 0 Å². The lowest BCUT2D eigenvalue weighted by molar-refractivity contribution is 0.117. The topological polar surface area (TPSA) is 83.9 Å². The minimum absolute atomic E-state index is 0.197. The Morgan fingerprint density at radius 3 is 2.28 bits per heavy atom. The summed E-state index contributed by atoms with van der Waals surface area (Å²) in [5.41, 5.74) is 1.58. The zero-order valence-corrected chi connectivity index (χ0v) is 14.5. The highest BCUT2D eigenvalue weighted by Crippen LogP contribution is 2.33. The number of rotatable bonds is 5. The third-order valence-electron chi connectivity index (χ3n) is 4.23. The number of hydrogen-bond acceptors (Lipinski definition) is 5. The smallest absolute Gasteiger partial charge is 0.411 e. The van der Waals surface area contributed by atoms with Gasteiger partial charge in [0.15, 0.2) is 15.9 Å². The number of hydrogen-bond donors (Lipinski definition) is 1. The monoisotopic (exact) mass is 361 g/mol. The second-order valence-corrected chi connectivity index (χ2v) is 8.02. The molecule has 0 radical (unpaired) electrons. The third-order valence-corrected chi connectivity index (χ3v) is 5.36. The molecule has 6 nitrogen and oxygen atoms in total. The molecule has 25 heavy (non-hydrogen) atoms. The first-order chi connectivity index (χ1) is 11.9. The largest absolute Gasteiger partial charge is 0.439 e. The van der Waals surface area contributed by atoms with Crippen LogP contribution < -0.4 is 0 Å². The van der Waals surface area contributed by atoms with Crippen LogP contribution in [0.3, 0.4) is 0 Å². The number of carbonyl (C=O) groups is 1. The number of ether oxygens (including phenoxy) is 1. The fourth-order valence-corrected chi connectivity index (χ4v) is 3.54. The molecule has 0 aromatic heterocycles. The number of amides is 1. The Morgan fingerprint density at radius 2 is 1.72 bits per heavy atom.